The molecule has 2 heterocycles. The van der Waals surface area contributed by atoms with Crippen LogP contribution < -0.4 is 10.1 Å². The maximum Gasteiger partial charge on any atom is 0.265 e. The van der Waals surface area contributed by atoms with Gasteiger partial charge in [-0.05, 0) is 43.7 Å². The highest BCUT2D eigenvalue weighted by atomic mass is 35.5. The van der Waals surface area contributed by atoms with Crippen LogP contribution in [0.4, 0.5) is 10.1 Å². The molecular formula is C21H21ClFN3O5S. The number of rotatable bonds is 3. The summed E-state index contributed by atoms with van der Waals surface area (Å²) in [5.74, 6) is -0.955. The van der Waals surface area contributed by atoms with E-state index in [0.29, 0.717) is 17.0 Å². The minimum atomic E-state index is -3.85. The number of benzene rings is 2. The van der Waals surface area contributed by atoms with Crippen molar-refractivity contribution in [1.29, 1.82) is 0 Å². The fourth-order valence-electron chi connectivity index (χ4n) is 3.70. The first-order valence-electron chi connectivity index (χ1n) is 9.94. The van der Waals surface area contributed by atoms with Crippen LogP contribution in [-0.2, 0) is 14.8 Å². The van der Waals surface area contributed by atoms with Gasteiger partial charge < -0.3 is 15.0 Å². The summed E-state index contributed by atoms with van der Waals surface area (Å²) < 4.78 is 46.8. The van der Waals surface area contributed by atoms with Crippen molar-refractivity contribution >= 4 is 39.1 Å². The van der Waals surface area contributed by atoms with E-state index >= 15 is 0 Å². The molecule has 0 saturated carbocycles. The Labute approximate surface area is 189 Å². The summed E-state index contributed by atoms with van der Waals surface area (Å²) >= 11 is 5.76. The lowest BCUT2D eigenvalue weighted by Crippen LogP contribution is -2.50. The summed E-state index contributed by atoms with van der Waals surface area (Å²) in [6, 6.07) is 6.74. The number of nitrogens with zero attached hydrogens (tertiary/aromatic N) is 2. The molecule has 2 aliphatic heterocycles. The summed E-state index contributed by atoms with van der Waals surface area (Å²) in [5.41, 5.74) is 1.14. The summed E-state index contributed by atoms with van der Waals surface area (Å²) in [7, 11) is -3.85. The molecule has 11 heteroatoms. The average molecular weight is 482 g/mol. The number of anilines is 1. The topological polar surface area (TPSA) is 96.0 Å². The number of amides is 2. The first-order valence-corrected chi connectivity index (χ1v) is 11.8. The zero-order chi connectivity index (χ0) is 23.2. The van der Waals surface area contributed by atoms with Crippen molar-refractivity contribution in [2.45, 2.75) is 24.8 Å². The van der Waals surface area contributed by atoms with Gasteiger partial charge in [0.15, 0.2) is 6.10 Å². The molecule has 0 spiro atoms. The SMILES string of the molecule is Cc1cc2c(cc1S(=O)(=O)N1CCN(C(=O)c3ccc(F)c(Cl)c3)CC1)O[C@H](C)C(=O)N2. The number of fused-ring (bicyclic) bond motifs is 1. The van der Waals surface area contributed by atoms with E-state index < -0.39 is 21.9 Å². The molecule has 0 unspecified atom stereocenters. The predicted molar refractivity (Wildman–Crippen MR) is 116 cm³/mol. The molecule has 170 valence electrons. The third-order valence-corrected chi connectivity index (χ3v) is 7.85. The van der Waals surface area contributed by atoms with Gasteiger partial charge in [-0.1, -0.05) is 11.6 Å². The van der Waals surface area contributed by atoms with Crippen LogP contribution in [0.15, 0.2) is 35.2 Å². The molecule has 0 bridgehead atoms. The van der Waals surface area contributed by atoms with Crippen LogP contribution in [0.2, 0.25) is 5.02 Å². The number of nitrogens with one attached hydrogen (secondary N) is 1. The van der Waals surface area contributed by atoms with E-state index in [1.807, 2.05) is 0 Å². The number of ether oxygens (including phenoxy) is 1. The number of hydrogen-bond donors (Lipinski definition) is 1. The Bertz CT molecular complexity index is 1210. The van der Waals surface area contributed by atoms with E-state index in [1.54, 1.807) is 19.9 Å². The molecule has 32 heavy (non-hydrogen) atoms. The second kappa shape index (κ2) is 8.34. The molecule has 8 nitrogen and oxygen atoms in total. The largest absolute Gasteiger partial charge is 0.479 e. The molecule has 2 aliphatic rings. The van der Waals surface area contributed by atoms with Crippen molar-refractivity contribution in [2.24, 2.45) is 0 Å². The van der Waals surface area contributed by atoms with Gasteiger partial charge in [-0.25, -0.2) is 12.8 Å². The van der Waals surface area contributed by atoms with Gasteiger partial charge in [0.1, 0.15) is 11.6 Å². The van der Waals surface area contributed by atoms with Gasteiger partial charge in [0, 0.05) is 37.8 Å². The van der Waals surface area contributed by atoms with E-state index in [-0.39, 0.29) is 53.5 Å². The lowest BCUT2D eigenvalue weighted by molar-refractivity contribution is -0.122. The molecule has 2 amide bonds. The quantitative estimate of drug-likeness (QED) is 0.727. The van der Waals surface area contributed by atoms with Crippen LogP contribution in [-0.4, -0.2) is 61.7 Å². The van der Waals surface area contributed by atoms with Crippen molar-refractivity contribution < 1.29 is 27.1 Å². The normalized spacial score (nSPS) is 19.2. The maximum absolute atomic E-state index is 13.4. The molecule has 1 fully saturated rings. The third-order valence-electron chi connectivity index (χ3n) is 5.52. The Morgan fingerprint density at radius 2 is 1.88 bits per heavy atom. The first-order chi connectivity index (χ1) is 15.1. The van der Waals surface area contributed by atoms with Gasteiger partial charge in [0.05, 0.1) is 15.6 Å². The van der Waals surface area contributed by atoms with Gasteiger partial charge in [-0.15, -0.1) is 0 Å². The number of sulfonamides is 1. The van der Waals surface area contributed by atoms with Crippen molar-refractivity contribution in [3.63, 3.8) is 0 Å². The Kier molecular flexibility index (Phi) is 5.87. The third kappa shape index (κ3) is 4.05. The minimum absolute atomic E-state index is 0.0877. The van der Waals surface area contributed by atoms with Gasteiger partial charge in [-0.3, -0.25) is 9.59 Å². The monoisotopic (exact) mass is 481 g/mol. The fourth-order valence-corrected chi connectivity index (χ4v) is 5.53. The lowest BCUT2D eigenvalue weighted by atomic mass is 10.1. The van der Waals surface area contributed by atoms with Gasteiger partial charge in [-0.2, -0.15) is 4.31 Å². The molecule has 2 aromatic rings. The van der Waals surface area contributed by atoms with Gasteiger partial charge in [0.2, 0.25) is 10.0 Å². The van der Waals surface area contributed by atoms with E-state index in [0.717, 1.165) is 6.07 Å². The van der Waals surface area contributed by atoms with Crippen molar-refractivity contribution in [2.75, 3.05) is 31.5 Å². The van der Waals surface area contributed by atoms with Gasteiger partial charge >= 0.3 is 0 Å². The van der Waals surface area contributed by atoms with E-state index in [4.69, 9.17) is 16.3 Å². The fraction of sp³-hybridized carbons (Fsp3) is 0.333. The Morgan fingerprint density at radius 3 is 2.53 bits per heavy atom. The van der Waals surface area contributed by atoms with E-state index in [2.05, 4.69) is 5.32 Å². The number of carbonyl (C=O) groups is 2. The number of halogens is 2. The lowest BCUT2D eigenvalue weighted by Gasteiger charge is -2.34. The number of aryl methyl sites for hydroxylation is 1. The molecule has 1 atom stereocenters. The highest BCUT2D eigenvalue weighted by Gasteiger charge is 2.33. The number of hydrogen-bond acceptors (Lipinski definition) is 5. The van der Waals surface area contributed by atoms with Crippen LogP contribution in [0.25, 0.3) is 0 Å². The van der Waals surface area contributed by atoms with Crippen molar-refractivity contribution in [3.05, 3.63) is 52.3 Å². The van der Waals surface area contributed by atoms with Crippen LogP contribution in [0.1, 0.15) is 22.8 Å². The number of carbonyl (C=O) groups excluding carboxylic acids is 2. The summed E-state index contributed by atoms with van der Waals surface area (Å²) in [6.45, 7) is 3.80. The standard InChI is InChI=1S/C21H21ClFN3O5S/c1-12-9-17-18(31-13(2)20(27)24-17)11-19(12)32(29,30)26-7-5-25(6-8-26)21(28)14-3-4-16(23)15(22)10-14/h3-4,9-11,13H,5-8H2,1-2H3,(H,24,27)/t13-/m1/s1. The zero-order valence-electron chi connectivity index (χ0n) is 17.4. The Balaban J connectivity index is 1.51. The number of piperazine rings is 1. The Hall–Kier alpha value is -2.69. The van der Waals surface area contributed by atoms with Gasteiger partial charge in [0.25, 0.3) is 11.8 Å². The highest BCUT2D eigenvalue weighted by molar-refractivity contribution is 7.89. The van der Waals surface area contributed by atoms with Crippen LogP contribution in [0, 0.1) is 12.7 Å². The van der Waals surface area contributed by atoms with E-state index in [9.17, 15) is 22.4 Å². The van der Waals surface area contributed by atoms with Crippen LogP contribution >= 0.6 is 11.6 Å². The molecule has 0 aromatic heterocycles. The molecule has 0 radical (unpaired) electrons. The van der Waals surface area contributed by atoms with Crippen LogP contribution in [0.5, 0.6) is 5.75 Å². The van der Waals surface area contributed by atoms with E-state index in [1.165, 1.54) is 27.4 Å². The Morgan fingerprint density at radius 1 is 1.19 bits per heavy atom. The molecule has 4 rings (SSSR count). The second-order valence-electron chi connectivity index (χ2n) is 7.69. The highest BCUT2D eigenvalue weighted by Crippen LogP contribution is 2.35. The molecular weight excluding hydrogens is 461 g/mol. The van der Waals surface area contributed by atoms with Crippen molar-refractivity contribution in [3.8, 4) is 5.75 Å². The van der Waals surface area contributed by atoms with Crippen molar-refractivity contribution in [1.82, 2.24) is 9.21 Å². The smallest absolute Gasteiger partial charge is 0.265 e. The minimum Gasteiger partial charge on any atom is -0.479 e. The maximum atomic E-state index is 13.4. The summed E-state index contributed by atoms with van der Waals surface area (Å²) in [4.78, 5) is 26.1. The molecule has 1 N–H and O–H groups in total. The summed E-state index contributed by atoms with van der Waals surface area (Å²) in [5, 5.41) is 2.55. The zero-order valence-corrected chi connectivity index (χ0v) is 19.0. The van der Waals surface area contributed by atoms with Crippen LogP contribution in [0.3, 0.4) is 0 Å². The molecule has 0 aliphatic carbocycles. The first kappa shape index (κ1) is 22.5. The molecule has 1 saturated heterocycles. The summed E-state index contributed by atoms with van der Waals surface area (Å²) in [6.07, 6.45) is -0.727. The predicted octanol–water partition coefficient (Wildman–Crippen LogP) is 2.65. The average Bonchev–Trinajstić information content (AvgIpc) is 2.76. The second-order valence-corrected chi connectivity index (χ2v) is 10.0. The molecule has 2 aromatic carbocycles.